The third kappa shape index (κ3) is 9.67. The van der Waals surface area contributed by atoms with E-state index in [9.17, 15) is 24.0 Å². The van der Waals surface area contributed by atoms with Crippen LogP contribution in [0.25, 0.3) is 0 Å². The van der Waals surface area contributed by atoms with Gasteiger partial charge in [-0.25, -0.2) is 4.79 Å². The second-order valence-corrected chi connectivity index (χ2v) is 10.9. The summed E-state index contributed by atoms with van der Waals surface area (Å²) >= 11 is 0. The quantitative estimate of drug-likeness (QED) is 0.368. The van der Waals surface area contributed by atoms with Gasteiger partial charge in [-0.3, -0.25) is 19.1 Å². The van der Waals surface area contributed by atoms with Gasteiger partial charge in [-0.05, 0) is 24.3 Å². The van der Waals surface area contributed by atoms with Crippen molar-refractivity contribution in [3.63, 3.8) is 0 Å². The van der Waals surface area contributed by atoms with Crippen molar-refractivity contribution in [2.45, 2.75) is 89.1 Å². The highest BCUT2D eigenvalue weighted by atomic mass is 16.5. The first-order valence-electron chi connectivity index (χ1n) is 14.6. The van der Waals surface area contributed by atoms with Crippen LogP contribution in [0.15, 0.2) is 36.5 Å². The summed E-state index contributed by atoms with van der Waals surface area (Å²) in [4.78, 5) is 63.8. The Balaban J connectivity index is 1.54. The number of amides is 4. The summed E-state index contributed by atoms with van der Waals surface area (Å²) in [5, 5.41) is 19.1. The van der Waals surface area contributed by atoms with E-state index < -0.39 is 36.0 Å². The molecule has 4 amide bonds. The molecule has 3 atom stereocenters. The van der Waals surface area contributed by atoms with Crippen LogP contribution in [0, 0.1) is 5.92 Å². The molecular formula is C29H39N7O6. The van der Waals surface area contributed by atoms with Crippen molar-refractivity contribution in [1.82, 2.24) is 36.3 Å². The Morgan fingerprint density at radius 1 is 1.05 bits per heavy atom. The van der Waals surface area contributed by atoms with Gasteiger partial charge in [0.1, 0.15) is 25.0 Å². The summed E-state index contributed by atoms with van der Waals surface area (Å²) in [5.41, 5.74) is 1.22. The molecule has 1 saturated carbocycles. The normalized spacial score (nSPS) is 23.0. The number of carbonyl (C=O) groups excluding carboxylic acids is 5. The summed E-state index contributed by atoms with van der Waals surface area (Å²) in [6.07, 6.45) is 7.09. The predicted molar refractivity (Wildman–Crippen MR) is 151 cm³/mol. The van der Waals surface area contributed by atoms with Crippen molar-refractivity contribution < 1.29 is 28.7 Å². The number of nitrogens with zero attached hydrogens (tertiary/aromatic N) is 3. The first-order chi connectivity index (χ1) is 20.4. The van der Waals surface area contributed by atoms with Gasteiger partial charge in [-0.1, -0.05) is 67.6 Å². The number of fused-ring (bicyclic) bond motifs is 2. The summed E-state index contributed by atoms with van der Waals surface area (Å²) in [6.45, 7) is 0.624. The van der Waals surface area contributed by atoms with E-state index >= 15 is 0 Å². The fourth-order valence-corrected chi connectivity index (χ4v) is 5.27. The van der Waals surface area contributed by atoms with Gasteiger partial charge in [-0.15, -0.1) is 5.10 Å². The van der Waals surface area contributed by atoms with Crippen LogP contribution in [0.3, 0.4) is 0 Å². The highest BCUT2D eigenvalue weighted by Crippen LogP contribution is 2.27. The summed E-state index contributed by atoms with van der Waals surface area (Å²) in [5.74, 6) is -1.12. The molecule has 226 valence electrons. The molecule has 1 aliphatic heterocycles. The largest absolute Gasteiger partial charge is 0.445 e. The van der Waals surface area contributed by atoms with Crippen molar-refractivity contribution in [2.24, 2.45) is 5.92 Å². The Morgan fingerprint density at radius 3 is 2.60 bits per heavy atom. The molecule has 1 aromatic carbocycles. The van der Waals surface area contributed by atoms with Crippen LogP contribution in [-0.4, -0.2) is 69.8 Å². The number of ether oxygens (including phenoxy) is 1. The molecule has 2 aliphatic rings. The van der Waals surface area contributed by atoms with Crippen LogP contribution in [0.5, 0.6) is 0 Å². The standard InChI is InChI=1S/C29H39N7O6/c37-18-22-11-12-26(38)30-13-14-36-17-23(34-35-36)16-25(33-29(41)42-19-21-9-5-2-6-10-21)28(40)32-24(27(39)31-22)15-20-7-3-1-4-8-20/h2,5-6,9-10,17-18,20,22,24-25H,1,3-4,7-8,11-16,19H2,(H,30,38)(H,31,39)(H,32,40)(H,33,41). The highest BCUT2D eigenvalue weighted by Gasteiger charge is 2.31. The molecule has 0 spiro atoms. The highest BCUT2D eigenvalue weighted by molar-refractivity contribution is 5.92. The lowest BCUT2D eigenvalue weighted by Crippen LogP contribution is -2.56. The Hall–Kier alpha value is -4.29. The third-order valence-corrected chi connectivity index (χ3v) is 7.58. The van der Waals surface area contributed by atoms with Crippen molar-refractivity contribution in [3.8, 4) is 0 Å². The molecule has 1 fully saturated rings. The van der Waals surface area contributed by atoms with Gasteiger partial charge in [0.2, 0.25) is 17.7 Å². The zero-order valence-electron chi connectivity index (χ0n) is 23.6. The number of aldehydes is 1. The van der Waals surface area contributed by atoms with E-state index in [1.54, 1.807) is 6.20 Å². The molecule has 0 saturated heterocycles. The number of hydrogen-bond donors (Lipinski definition) is 4. The lowest BCUT2D eigenvalue weighted by molar-refractivity contribution is -0.131. The Kier molecular flexibility index (Phi) is 11.4. The SMILES string of the molecule is O=CC1CCC(=O)NCCn2cc(nn2)CC(NC(=O)OCc2ccccc2)C(=O)NC(CC2CCCCC2)C(=O)N1. The molecule has 0 radical (unpaired) electrons. The number of aromatic nitrogens is 3. The van der Waals surface area contributed by atoms with Gasteiger partial charge in [0.15, 0.2) is 0 Å². The van der Waals surface area contributed by atoms with Crippen LogP contribution < -0.4 is 21.3 Å². The average molecular weight is 582 g/mol. The first kappa shape index (κ1) is 30.7. The lowest BCUT2D eigenvalue weighted by Gasteiger charge is -2.28. The minimum atomic E-state index is -1.11. The summed E-state index contributed by atoms with van der Waals surface area (Å²) < 4.78 is 6.88. The molecule has 3 unspecified atom stereocenters. The van der Waals surface area contributed by atoms with Gasteiger partial charge in [-0.2, -0.15) is 0 Å². The fourth-order valence-electron chi connectivity index (χ4n) is 5.27. The van der Waals surface area contributed by atoms with E-state index in [0.717, 1.165) is 37.7 Å². The summed E-state index contributed by atoms with van der Waals surface area (Å²) in [7, 11) is 0. The van der Waals surface area contributed by atoms with Crippen LogP contribution in [0.4, 0.5) is 4.79 Å². The molecule has 1 aliphatic carbocycles. The van der Waals surface area contributed by atoms with Gasteiger partial charge >= 0.3 is 6.09 Å². The Bertz CT molecular complexity index is 1210. The van der Waals surface area contributed by atoms with Crippen molar-refractivity contribution in [1.29, 1.82) is 0 Å². The molecular weight excluding hydrogens is 542 g/mol. The predicted octanol–water partition coefficient (Wildman–Crippen LogP) is 1.16. The van der Waals surface area contributed by atoms with Crippen molar-refractivity contribution in [3.05, 3.63) is 47.8 Å². The Labute approximate surface area is 244 Å². The van der Waals surface area contributed by atoms with Crippen LogP contribution in [-0.2, 0) is 43.5 Å². The van der Waals surface area contributed by atoms with Gasteiger partial charge in [0.05, 0.1) is 18.3 Å². The average Bonchev–Trinajstić information content (AvgIpc) is 3.45. The molecule has 2 bridgehead atoms. The minimum Gasteiger partial charge on any atom is -0.445 e. The molecule has 4 rings (SSSR count). The van der Waals surface area contributed by atoms with Crippen LogP contribution in [0.2, 0.25) is 0 Å². The molecule has 42 heavy (non-hydrogen) atoms. The maximum atomic E-state index is 13.6. The number of benzene rings is 1. The van der Waals surface area contributed by atoms with E-state index in [2.05, 4.69) is 31.6 Å². The van der Waals surface area contributed by atoms with Crippen molar-refractivity contribution in [2.75, 3.05) is 6.54 Å². The van der Waals surface area contributed by atoms with Gasteiger partial charge < -0.3 is 30.8 Å². The maximum absolute atomic E-state index is 13.6. The molecule has 4 N–H and O–H groups in total. The monoisotopic (exact) mass is 581 g/mol. The number of nitrogens with one attached hydrogen (secondary N) is 4. The van der Waals surface area contributed by atoms with E-state index in [1.807, 2.05) is 30.3 Å². The van der Waals surface area contributed by atoms with Crippen molar-refractivity contribution >= 4 is 30.1 Å². The lowest BCUT2D eigenvalue weighted by atomic mass is 9.84. The molecule has 1 aromatic heterocycles. The Morgan fingerprint density at radius 2 is 1.83 bits per heavy atom. The number of alkyl carbamates (subject to hydrolysis) is 1. The second kappa shape index (κ2) is 15.6. The minimum absolute atomic E-state index is 0.00659. The fraction of sp³-hybridized carbons (Fsp3) is 0.552. The second-order valence-electron chi connectivity index (χ2n) is 10.9. The zero-order chi connectivity index (χ0) is 29.7. The van der Waals surface area contributed by atoms with E-state index in [-0.39, 0.29) is 44.2 Å². The molecule has 2 aromatic rings. The number of hydrogen-bond acceptors (Lipinski definition) is 8. The molecule has 13 heteroatoms. The third-order valence-electron chi connectivity index (χ3n) is 7.58. The van der Waals surface area contributed by atoms with Crippen LogP contribution in [0.1, 0.15) is 62.6 Å². The number of rotatable bonds is 6. The van der Waals surface area contributed by atoms with Gasteiger partial charge in [0.25, 0.3) is 0 Å². The molecule has 2 heterocycles. The zero-order valence-corrected chi connectivity index (χ0v) is 23.6. The van der Waals surface area contributed by atoms with E-state index in [0.29, 0.717) is 24.9 Å². The molecule has 13 nitrogen and oxygen atoms in total. The van der Waals surface area contributed by atoms with Gasteiger partial charge in [0, 0.05) is 25.6 Å². The smallest absolute Gasteiger partial charge is 0.408 e. The maximum Gasteiger partial charge on any atom is 0.408 e. The van der Waals surface area contributed by atoms with E-state index in [4.69, 9.17) is 4.74 Å². The summed E-state index contributed by atoms with van der Waals surface area (Å²) in [6, 6.07) is 6.21. The van der Waals surface area contributed by atoms with Crippen LogP contribution >= 0.6 is 0 Å². The van der Waals surface area contributed by atoms with E-state index in [1.165, 1.54) is 4.68 Å². The number of carbonyl (C=O) groups is 5. The topological polar surface area (TPSA) is 173 Å². The first-order valence-corrected chi connectivity index (χ1v) is 14.6.